The number of nitriles is 1. The van der Waals surface area contributed by atoms with Crippen LogP contribution in [0.4, 0.5) is 5.69 Å². The Morgan fingerprint density at radius 3 is 2.78 bits per heavy atom. The normalized spacial score (nSPS) is 10.6. The molecule has 1 N–H and O–H groups in total. The molecule has 136 valence electrons. The third kappa shape index (κ3) is 3.25. The number of amides is 1. The lowest BCUT2D eigenvalue weighted by atomic mass is 10.1. The summed E-state index contributed by atoms with van der Waals surface area (Å²) in [6.07, 6.45) is 1.81. The van der Waals surface area contributed by atoms with Crippen LogP contribution in [0.2, 0.25) is 0 Å². The molecule has 0 spiro atoms. The summed E-state index contributed by atoms with van der Waals surface area (Å²) in [5.74, 6) is -0.347. The van der Waals surface area contributed by atoms with E-state index in [9.17, 15) is 14.7 Å². The van der Waals surface area contributed by atoms with E-state index in [1.165, 1.54) is 16.2 Å². The predicted molar refractivity (Wildman–Crippen MR) is 100 cm³/mol. The highest BCUT2D eigenvalue weighted by Gasteiger charge is 2.25. The van der Waals surface area contributed by atoms with Crippen molar-refractivity contribution in [2.75, 3.05) is 11.9 Å². The number of hydrogen-bond donors (Lipinski definition) is 1. The molecule has 0 bridgehead atoms. The highest BCUT2D eigenvalue weighted by Crippen LogP contribution is 2.29. The number of aromatic nitrogens is 2. The van der Waals surface area contributed by atoms with Gasteiger partial charge >= 0.3 is 5.56 Å². The van der Waals surface area contributed by atoms with Gasteiger partial charge in [-0.25, -0.2) is 4.79 Å². The van der Waals surface area contributed by atoms with Gasteiger partial charge in [0.2, 0.25) is 5.91 Å². The second kappa shape index (κ2) is 7.30. The van der Waals surface area contributed by atoms with Gasteiger partial charge in [-0.1, -0.05) is 18.2 Å². The standard InChI is InChI=1S/C20H18N4O3/c1-14(25)22(2)16-8-5-7-15(13-16)18-19(26)23-11-4-3-9-17(23)24(20(18)27)12-6-10-21/h3-5,7-9,11,13H,6,12H2,1-2H3/p+1. The first-order valence-electron chi connectivity index (χ1n) is 8.43. The molecule has 27 heavy (non-hydrogen) atoms. The Kier molecular flexibility index (Phi) is 4.90. The quantitative estimate of drug-likeness (QED) is 0.717. The minimum Gasteiger partial charge on any atom is -0.477 e. The molecule has 0 aliphatic heterocycles. The molecule has 1 aromatic carbocycles. The van der Waals surface area contributed by atoms with Gasteiger partial charge in [-0.15, -0.1) is 0 Å². The molecule has 1 amide bonds. The third-order valence-corrected chi connectivity index (χ3v) is 4.47. The van der Waals surface area contributed by atoms with Crippen molar-refractivity contribution in [3.63, 3.8) is 0 Å². The van der Waals surface area contributed by atoms with Gasteiger partial charge in [0.25, 0.3) is 11.5 Å². The summed E-state index contributed by atoms with van der Waals surface area (Å²) >= 11 is 0. The zero-order valence-corrected chi connectivity index (χ0v) is 15.1. The molecule has 0 saturated carbocycles. The minimum absolute atomic E-state index is 0.121. The zero-order chi connectivity index (χ0) is 19.6. The van der Waals surface area contributed by atoms with Crippen molar-refractivity contribution in [3.05, 3.63) is 59.0 Å². The Labute approximate surface area is 156 Å². The number of fused-ring (bicyclic) bond motifs is 1. The molecule has 2 heterocycles. The molecule has 0 atom stereocenters. The average Bonchev–Trinajstić information content (AvgIpc) is 2.67. The molecule has 0 aliphatic rings. The fourth-order valence-electron chi connectivity index (χ4n) is 2.97. The number of aryl methyl sites for hydroxylation is 1. The summed E-state index contributed by atoms with van der Waals surface area (Å²) in [4.78, 5) is 26.1. The summed E-state index contributed by atoms with van der Waals surface area (Å²) in [7, 11) is 1.64. The average molecular weight is 363 g/mol. The monoisotopic (exact) mass is 363 g/mol. The Hall–Kier alpha value is -3.66. The van der Waals surface area contributed by atoms with Crippen molar-refractivity contribution >= 4 is 17.2 Å². The first-order chi connectivity index (χ1) is 13.0. The van der Waals surface area contributed by atoms with Gasteiger partial charge in [-0.3, -0.25) is 4.79 Å². The molecule has 0 unspecified atom stereocenters. The lowest BCUT2D eigenvalue weighted by Crippen LogP contribution is -2.43. The van der Waals surface area contributed by atoms with Gasteiger partial charge in [-0.2, -0.15) is 14.2 Å². The number of carbonyl (C=O) groups is 1. The highest BCUT2D eigenvalue weighted by molar-refractivity contribution is 5.91. The van der Waals surface area contributed by atoms with E-state index in [0.717, 1.165) is 0 Å². The second-order valence-corrected chi connectivity index (χ2v) is 6.12. The minimum atomic E-state index is -0.376. The van der Waals surface area contributed by atoms with Gasteiger partial charge in [0.1, 0.15) is 6.54 Å². The summed E-state index contributed by atoms with van der Waals surface area (Å²) < 4.78 is 2.98. The molecular weight excluding hydrogens is 344 g/mol. The molecule has 0 fully saturated rings. The molecule has 0 saturated heterocycles. The number of pyridine rings is 1. The van der Waals surface area contributed by atoms with E-state index in [0.29, 0.717) is 16.9 Å². The Morgan fingerprint density at radius 2 is 2.07 bits per heavy atom. The van der Waals surface area contributed by atoms with Crippen LogP contribution in [0.15, 0.2) is 53.5 Å². The maximum Gasteiger partial charge on any atom is 0.354 e. The Morgan fingerprint density at radius 1 is 1.30 bits per heavy atom. The van der Waals surface area contributed by atoms with Crippen LogP contribution >= 0.6 is 0 Å². The lowest BCUT2D eigenvalue weighted by Gasteiger charge is -2.16. The number of hydrogen-bond acceptors (Lipinski definition) is 4. The summed E-state index contributed by atoms with van der Waals surface area (Å²) in [6.45, 7) is 1.70. The van der Waals surface area contributed by atoms with E-state index in [-0.39, 0.29) is 35.9 Å². The Bertz CT molecular complexity index is 1130. The van der Waals surface area contributed by atoms with Crippen molar-refractivity contribution in [2.24, 2.45) is 0 Å². The largest absolute Gasteiger partial charge is 0.477 e. The van der Waals surface area contributed by atoms with Gasteiger partial charge < -0.3 is 10.0 Å². The highest BCUT2D eigenvalue weighted by atomic mass is 16.3. The van der Waals surface area contributed by atoms with Crippen LogP contribution < -0.4 is 14.9 Å². The topological polar surface area (TPSA) is 90.4 Å². The van der Waals surface area contributed by atoms with Crippen LogP contribution in [0, 0.1) is 11.3 Å². The predicted octanol–water partition coefficient (Wildman–Crippen LogP) is 1.86. The van der Waals surface area contributed by atoms with Gasteiger partial charge in [0.15, 0.2) is 5.56 Å². The lowest BCUT2D eigenvalue weighted by molar-refractivity contribution is -0.532. The third-order valence-electron chi connectivity index (χ3n) is 4.47. The summed E-state index contributed by atoms with van der Waals surface area (Å²) in [6, 6.07) is 14.1. The second-order valence-electron chi connectivity index (χ2n) is 6.12. The van der Waals surface area contributed by atoms with E-state index in [2.05, 4.69) is 6.07 Å². The molecular formula is C20H19N4O3+. The van der Waals surface area contributed by atoms with E-state index in [4.69, 9.17) is 5.26 Å². The SMILES string of the molecule is CC(=O)N(C)c1cccc(-c2c(O)n(CCC#N)c3cccc[n+]3c2=O)c1. The number of nitrogens with zero attached hydrogens (tertiary/aromatic N) is 4. The van der Waals surface area contributed by atoms with Crippen LogP contribution in [0.3, 0.4) is 0 Å². The van der Waals surface area contributed by atoms with E-state index in [1.54, 1.807) is 60.3 Å². The molecule has 2 aromatic heterocycles. The molecule has 0 radical (unpaired) electrons. The van der Waals surface area contributed by atoms with Crippen LogP contribution in [0.5, 0.6) is 5.88 Å². The van der Waals surface area contributed by atoms with Crippen LogP contribution in [-0.4, -0.2) is 22.6 Å². The number of benzene rings is 1. The number of rotatable bonds is 4. The van der Waals surface area contributed by atoms with Gasteiger partial charge in [-0.05, 0) is 23.8 Å². The van der Waals surface area contributed by atoms with Crippen molar-refractivity contribution in [1.29, 1.82) is 5.26 Å². The van der Waals surface area contributed by atoms with E-state index in [1.807, 2.05) is 0 Å². The fourth-order valence-corrected chi connectivity index (χ4v) is 2.97. The van der Waals surface area contributed by atoms with Gasteiger partial charge in [0, 0.05) is 25.7 Å². The first kappa shape index (κ1) is 18.1. The summed E-state index contributed by atoms with van der Waals surface area (Å²) in [5, 5.41) is 19.8. The number of anilines is 1. The maximum atomic E-state index is 13.0. The maximum absolute atomic E-state index is 13.0. The Balaban J connectivity index is 2.29. The van der Waals surface area contributed by atoms with Crippen LogP contribution in [-0.2, 0) is 11.3 Å². The van der Waals surface area contributed by atoms with E-state index >= 15 is 0 Å². The number of carbonyl (C=O) groups excluding carboxylic acids is 1. The van der Waals surface area contributed by atoms with Crippen molar-refractivity contribution in [2.45, 2.75) is 19.9 Å². The molecule has 7 nitrogen and oxygen atoms in total. The number of aromatic hydroxyl groups is 1. The van der Waals surface area contributed by atoms with E-state index < -0.39 is 0 Å². The molecule has 3 rings (SSSR count). The first-order valence-corrected chi connectivity index (χ1v) is 8.43. The smallest absolute Gasteiger partial charge is 0.354 e. The van der Waals surface area contributed by atoms with Gasteiger partial charge in [0.05, 0.1) is 18.7 Å². The molecule has 3 aromatic rings. The molecule has 7 heteroatoms. The van der Waals surface area contributed by atoms with Crippen LogP contribution in [0.25, 0.3) is 16.8 Å². The van der Waals surface area contributed by atoms with Crippen molar-refractivity contribution in [1.82, 2.24) is 4.57 Å². The summed E-state index contributed by atoms with van der Waals surface area (Å²) in [5.41, 5.74) is 1.35. The van der Waals surface area contributed by atoms with Crippen molar-refractivity contribution in [3.8, 4) is 23.1 Å². The molecule has 0 aliphatic carbocycles. The van der Waals surface area contributed by atoms with Crippen LogP contribution in [0.1, 0.15) is 13.3 Å². The zero-order valence-electron chi connectivity index (χ0n) is 15.1. The van der Waals surface area contributed by atoms with Crippen molar-refractivity contribution < 1.29 is 14.3 Å². The fraction of sp³-hybridized carbons (Fsp3) is 0.200.